The second-order valence-corrected chi connectivity index (χ2v) is 4.01. The Morgan fingerprint density at radius 2 is 2.18 bits per heavy atom. The zero-order chi connectivity index (χ0) is 12.5. The van der Waals surface area contributed by atoms with Gasteiger partial charge in [-0.1, -0.05) is 24.9 Å². The molecule has 96 valence electrons. The summed E-state index contributed by atoms with van der Waals surface area (Å²) in [6.07, 6.45) is 3.72. The topological polar surface area (TPSA) is 51.6 Å². The molecule has 0 radical (unpaired) electrons. The lowest BCUT2D eigenvalue weighted by Gasteiger charge is -2.08. The van der Waals surface area contributed by atoms with E-state index in [1.807, 2.05) is 0 Å². The minimum atomic E-state index is -0.0763. The van der Waals surface area contributed by atoms with Crippen LogP contribution in [0.15, 0.2) is 12.3 Å². The van der Waals surface area contributed by atoms with Crippen molar-refractivity contribution in [1.82, 2.24) is 4.98 Å². The predicted molar refractivity (Wildman–Crippen MR) is 66.4 cm³/mol. The number of halogens is 1. The van der Waals surface area contributed by atoms with Gasteiger partial charge in [0.15, 0.2) is 0 Å². The van der Waals surface area contributed by atoms with E-state index in [4.69, 9.17) is 26.2 Å². The maximum Gasteiger partial charge on any atom is 0.232 e. The van der Waals surface area contributed by atoms with Crippen LogP contribution >= 0.6 is 11.6 Å². The van der Waals surface area contributed by atoms with Gasteiger partial charge in [0.2, 0.25) is 5.88 Å². The molecule has 1 heterocycles. The zero-order valence-electron chi connectivity index (χ0n) is 9.99. The summed E-state index contributed by atoms with van der Waals surface area (Å²) in [5.41, 5.74) is 0.668. The van der Waals surface area contributed by atoms with Gasteiger partial charge in [-0.25, -0.2) is 4.98 Å². The van der Waals surface area contributed by atoms with Crippen LogP contribution in [0.25, 0.3) is 0 Å². The average molecular weight is 260 g/mol. The number of aromatic nitrogens is 1. The molecule has 1 rings (SSSR count). The molecule has 1 N–H and O–H groups in total. The molecule has 5 heteroatoms. The lowest BCUT2D eigenvalue weighted by molar-refractivity contribution is 0.0965. The number of pyridine rings is 1. The minimum Gasteiger partial charge on any atom is -0.474 e. The first-order valence-electron chi connectivity index (χ1n) is 5.73. The smallest absolute Gasteiger partial charge is 0.232 e. The largest absolute Gasteiger partial charge is 0.474 e. The Labute approximate surface area is 107 Å². The van der Waals surface area contributed by atoms with Gasteiger partial charge in [-0.3, -0.25) is 0 Å². The molecule has 0 amide bonds. The lowest BCUT2D eigenvalue weighted by atomic mass is 10.3. The van der Waals surface area contributed by atoms with Gasteiger partial charge >= 0.3 is 0 Å². The Balaban J connectivity index is 2.27. The molecular weight excluding hydrogens is 242 g/mol. The fourth-order valence-electron chi connectivity index (χ4n) is 1.20. The molecule has 0 aliphatic rings. The molecule has 0 saturated heterocycles. The Kier molecular flexibility index (Phi) is 6.93. The van der Waals surface area contributed by atoms with Crippen molar-refractivity contribution < 1.29 is 14.6 Å². The van der Waals surface area contributed by atoms with Crippen LogP contribution in [0.4, 0.5) is 0 Å². The third-order valence-electron chi connectivity index (χ3n) is 2.16. The molecule has 0 spiro atoms. The first-order valence-corrected chi connectivity index (χ1v) is 6.11. The van der Waals surface area contributed by atoms with Gasteiger partial charge in [0, 0.05) is 12.8 Å². The van der Waals surface area contributed by atoms with Gasteiger partial charge in [-0.05, 0) is 18.1 Å². The van der Waals surface area contributed by atoms with Gasteiger partial charge in [0.05, 0.1) is 13.2 Å². The van der Waals surface area contributed by atoms with E-state index < -0.39 is 0 Å². The molecule has 0 fully saturated rings. The van der Waals surface area contributed by atoms with E-state index in [0.717, 1.165) is 19.4 Å². The number of aliphatic hydroxyl groups is 1. The summed E-state index contributed by atoms with van der Waals surface area (Å²) >= 11 is 5.93. The summed E-state index contributed by atoms with van der Waals surface area (Å²) in [5.74, 6) is 0.378. The summed E-state index contributed by atoms with van der Waals surface area (Å²) < 4.78 is 10.7. The van der Waals surface area contributed by atoms with Crippen molar-refractivity contribution in [1.29, 1.82) is 0 Å². The Morgan fingerprint density at radius 3 is 2.82 bits per heavy atom. The minimum absolute atomic E-state index is 0.0763. The van der Waals surface area contributed by atoms with Gasteiger partial charge < -0.3 is 14.6 Å². The number of hydrogen-bond donors (Lipinski definition) is 1. The summed E-state index contributed by atoms with van der Waals surface area (Å²) in [6.45, 7) is 3.75. The number of ether oxygens (including phenoxy) is 2. The fourth-order valence-corrected chi connectivity index (χ4v) is 1.45. The van der Waals surface area contributed by atoms with E-state index in [0.29, 0.717) is 29.7 Å². The van der Waals surface area contributed by atoms with Gasteiger partial charge in [-0.2, -0.15) is 0 Å². The van der Waals surface area contributed by atoms with E-state index in [1.165, 1.54) is 0 Å². The summed E-state index contributed by atoms with van der Waals surface area (Å²) in [6, 6.07) is 1.64. The molecule has 0 atom stereocenters. The normalized spacial score (nSPS) is 10.5. The number of unbranched alkanes of at least 4 members (excludes halogenated alkanes) is 1. The van der Waals surface area contributed by atoms with Gasteiger partial charge in [0.1, 0.15) is 11.6 Å². The third kappa shape index (κ3) is 5.35. The second-order valence-electron chi connectivity index (χ2n) is 3.60. The molecule has 17 heavy (non-hydrogen) atoms. The predicted octanol–water partition coefficient (Wildman–Crippen LogP) is 2.42. The quantitative estimate of drug-likeness (QED) is 0.729. The second kappa shape index (κ2) is 8.28. The van der Waals surface area contributed by atoms with E-state index in [2.05, 4.69) is 11.9 Å². The summed E-state index contributed by atoms with van der Waals surface area (Å²) in [7, 11) is 0. The molecule has 0 saturated carbocycles. The van der Waals surface area contributed by atoms with E-state index in [9.17, 15) is 0 Å². The molecule has 1 aromatic heterocycles. The highest BCUT2D eigenvalue weighted by Crippen LogP contribution is 2.22. The van der Waals surface area contributed by atoms with Crippen LogP contribution in [-0.2, 0) is 11.3 Å². The lowest BCUT2D eigenvalue weighted by Crippen LogP contribution is -2.08. The molecule has 1 aromatic rings. The molecule has 4 nitrogen and oxygen atoms in total. The third-order valence-corrected chi connectivity index (χ3v) is 2.43. The van der Waals surface area contributed by atoms with Gasteiger partial charge in [0.25, 0.3) is 0 Å². The van der Waals surface area contributed by atoms with E-state index >= 15 is 0 Å². The van der Waals surface area contributed by atoms with Crippen molar-refractivity contribution >= 4 is 11.6 Å². The van der Waals surface area contributed by atoms with Crippen molar-refractivity contribution in [2.75, 3.05) is 19.8 Å². The van der Waals surface area contributed by atoms with Crippen molar-refractivity contribution in [3.8, 4) is 5.88 Å². The first-order chi connectivity index (χ1) is 8.27. The maximum absolute atomic E-state index is 8.89. The molecule has 0 aliphatic carbocycles. The molecule has 0 aromatic carbocycles. The van der Waals surface area contributed by atoms with Crippen LogP contribution < -0.4 is 4.74 Å². The SMILES string of the molecule is CCCCOCCOc1ncc(CO)cc1Cl. The molecular formula is C12H18ClNO3. The summed E-state index contributed by atoms with van der Waals surface area (Å²) in [4.78, 5) is 4.01. The van der Waals surface area contributed by atoms with Crippen molar-refractivity contribution in [3.63, 3.8) is 0 Å². The number of rotatable bonds is 8. The van der Waals surface area contributed by atoms with Crippen LogP contribution in [0.3, 0.4) is 0 Å². The highest BCUT2D eigenvalue weighted by Gasteiger charge is 2.04. The van der Waals surface area contributed by atoms with Crippen LogP contribution in [0.1, 0.15) is 25.3 Å². The van der Waals surface area contributed by atoms with E-state index in [-0.39, 0.29) is 6.61 Å². The average Bonchev–Trinajstić information content (AvgIpc) is 2.35. The van der Waals surface area contributed by atoms with Crippen molar-refractivity contribution in [2.24, 2.45) is 0 Å². The number of nitrogens with zero attached hydrogens (tertiary/aromatic N) is 1. The van der Waals surface area contributed by atoms with E-state index in [1.54, 1.807) is 12.3 Å². The maximum atomic E-state index is 8.89. The van der Waals surface area contributed by atoms with Crippen LogP contribution in [0, 0.1) is 0 Å². The van der Waals surface area contributed by atoms with Crippen molar-refractivity contribution in [2.45, 2.75) is 26.4 Å². The molecule has 0 aliphatic heterocycles. The molecule has 0 bridgehead atoms. The molecule has 0 unspecified atom stereocenters. The van der Waals surface area contributed by atoms with Crippen LogP contribution in [0.5, 0.6) is 5.88 Å². The van der Waals surface area contributed by atoms with Crippen molar-refractivity contribution in [3.05, 3.63) is 22.8 Å². The monoisotopic (exact) mass is 259 g/mol. The highest BCUT2D eigenvalue weighted by molar-refractivity contribution is 6.31. The number of aliphatic hydroxyl groups excluding tert-OH is 1. The number of hydrogen-bond acceptors (Lipinski definition) is 4. The Hall–Kier alpha value is -0.840. The zero-order valence-corrected chi connectivity index (χ0v) is 10.7. The highest BCUT2D eigenvalue weighted by atomic mass is 35.5. The standard InChI is InChI=1S/C12H18ClNO3/c1-2-3-4-16-5-6-17-12-11(13)7-10(9-15)8-14-12/h7-8,15H,2-6,9H2,1H3. The Morgan fingerprint density at radius 1 is 1.35 bits per heavy atom. The van der Waals surface area contributed by atoms with Gasteiger partial charge in [-0.15, -0.1) is 0 Å². The fraction of sp³-hybridized carbons (Fsp3) is 0.583. The Bertz CT molecular complexity index is 334. The van der Waals surface area contributed by atoms with Crippen LogP contribution in [-0.4, -0.2) is 29.9 Å². The van der Waals surface area contributed by atoms with Crippen LogP contribution in [0.2, 0.25) is 5.02 Å². The summed E-state index contributed by atoms with van der Waals surface area (Å²) in [5, 5.41) is 9.30. The first kappa shape index (κ1) is 14.2.